The molecule has 0 fully saturated rings. The largest absolute Gasteiger partial charge is 0.465 e. The molecule has 154 valence electrons. The first-order valence-electron chi connectivity index (χ1n) is 8.33. The van der Waals surface area contributed by atoms with Gasteiger partial charge in [0.2, 0.25) is 0 Å². The minimum absolute atomic E-state index is 0.0556. The Balaban J connectivity index is 1.88. The van der Waals surface area contributed by atoms with Gasteiger partial charge >= 0.3 is 12.3 Å². The predicted molar refractivity (Wildman–Crippen MR) is 102 cm³/mol. The molecule has 1 amide bonds. The van der Waals surface area contributed by atoms with Crippen LogP contribution in [0.3, 0.4) is 0 Å². The smallest absolute Gasteiger partial charge is 0.435 e. The van der Waals surface area contributed by atoms with Crippen LogP contribution in [-0.4, -0.2) is 35.0 Å². The second-order valence-corrected chi connectivity index (χ2v) is 7.50. The van der Waals surface area contributed by atoms with Crippen molar-refractivity contribution < 1.29 is 27.9 Å². The number of carboxylic acid groups (broad SMARTS) is 1. The fraction of sp³-hybridized carbons (Fsp3) is 0.263. The molecule has 2 aromatic carbocycles. The second kappa shape index (κ2) is 7.76. The van der Waals surface area contributed by atoms with Gasteiger partial charge in [-0.1, -0.05) is 52.6 Å². The molecule has 0 spiro atoms. The molecule has 0 saturated carbocycles. The van der Waals surface area contributed by atoms with Gasteiger partial charge in [0.05, 0.1) is 5.71 Å². The third-order valence-corrected chi connectivity index (χ3v) is 4.98. The Morgan fingerprint density at radius 3 is 2.31 bits per heavy atom. The topological polar surface area (TPSA) is 62.1 Å². The monoisotopic (exact) mass is 446 g/mol. The number of hydrogen-bond donors (Lipinski definition) is 1. The van der Waals surface area contributed by atoms with E-state index in [0.717, 1.165) is 17.0 Å². The van der Waals surface area contributed by atoms with Crippen molar-refractivity contribution in [2.75, 3.05) is 7.05 Å². The number of benzene rings is 2. The first-order valence-corrected chi connectivity index (χ1v) is 9.09. The van der Waals surface area contributed by atoms with Crippen LogP contribution in [0, 0.1) is 0 Å². The highest BCUT2D eigenvalue weighted by Crippen LogP contribution is 2.49. The van der Waals surface area contributed by atoms with Crippen molar-refractivity contribution in [3.63, 3.8) is 0 Å². The Labute approximate surface area is 174 Å². The van der Waals surface area contributed by atoms with Crippen LogP contribution >= 0.6 is 23.2 Å². The fourth-order valence-electron chi connectivity index (χ4n) is 2.99. The predicted octanol–water partition coefficient (Wildman–Crippen LogP) is 5.69. The number of carbonyl (C=O) groups is 1. The maximum absolute atomic E-state index is 14.0. The molecule has 1 N–H and O–H groups in total. The van der Waals surface area contributed by atoms with Crippen LogP contribution in [0.2, 0.25) is 10.0 Å². The first kappa shape index (κ1) is 21.3. The van der Waals surface area contributed by atoms with Gasteiger partial charge in [0.15, 0.2) is 0 Å². The Bertz CT molecular complexity index is 944. The van der Waals surface area contributed by atoms with Crippen molar-refractivity contribution >= 4 is 35.0 Å². The lowest BCUT2D eigenvalue weighted by Gasteiger charge is -2.29. The van der Waals surface area contributed by atoms with Crippen LogP contribution in [0.1, 0.15) is 23.1 Å². The molecule has 5 nitrogen and oxygen atoms in total. The summed E-state index contributed by atoms with van der Waals surface area (Å²) in [5.74, 6) is 0. The molecule has 2 aromatic rings. The SMILES string of the molecule is CN(Cc1ccc(C2=NOC(c3cc(Cl)cc(Cl)c3)(C(F)(F)F)C2)cc1)C(=O)O. The van der Waals surface area contributed by atoms with E-state index in [0.29, 0.717) is 11.1 Å². The van der Waals surface area contributed by atoms with Crippen LogP contribution in [0.4, 0.5) is 18.0 Å². The van der Waals surface area contributed by atoms with E-state index in [1.165, 1.54) is 13.1 Å². The van der Waals surface area contributed by atoms with Gasteiger partial charge in [-0.15, -0.1) is 0 Å². The van der Waals surface area contributed by atoms with Gasteiger partial charge in [0.1, 0.15) is 0 Å². The number of rotatable bonds is 4. The number of amides is 1. The zero-order valence-electron chi connectivity index (χ0n) is 15.0. The van der Waals surface area contributed by atoms with Crippen molar-refractivity contribution in [3.05, 3.63) is 69.2 Å². The lowest BCUT2D eigenvalue weighted by Crippen LogP contribution is -2.42. The molecule has 1 atom stereocenters. The summed E-state index contributed by atoms with van der Waals surface area (Å²) in [5.41, 5.74) is -1.70. The molecule has 0 radical (unpaired) electrons. The van der Waals surface area contributed by atoms with Gasteiger partial charge in [0, 0.05) is 35.6 Å². The highest BCUT2D eigenvalue weighted by molar-refractivity contribution is 6.34. The van der Waals surface area contributed by atoms with Gasteiger partial charge in [-0.05, 0) is 29.3 Å². The molecule has 29 heavy (non-hydrogen) atoms. The van der Waals surface area contributed by atoms with Gasteiger partial charge in [0.25, 0.3) is 5.60 Å². The summed E-state index contributed by atoms with van der Waals surface area (Å²) in [6.45, 7) is 0.145. The van der Waals surface area contributed by atoms with E-state index in [2.05, 4.69) is 5.16 Å². The number of hydrogen-bond acceptors (Lipinski definition) is 3. The minimum Gasteiger partial charge on any atom is -0.465 e. The molecule has 3 rings (SSSR count). The van der Waals surface area contributed by atoms with Crippen LogP contribution < -0.4 is 0 Å². The van der Waals surface area contributed by atoms with Crippen molar-refractivity contribution in [1.29, 1.82) is 0 Å². The van der Waals surface area contributed by atoms with E-state index in [1.54, 1.807) is 24.3 Å². The molecular formula is C19H15Cl2F3N2O3. The number of alkyl halides is 3. The number of nitrogens with zero attached hydrogens (tertiary/aromatic N) is 2. The zero-order valence-corrected chi connectivity index (χ0v) is 16.5. The minimum atomic E-state index is -4.77. The number of halogens is 5. The van der Waals surface area contributed by atoms with Gasteiger partial charge in [-0.2, -0.15) is 13.2 Å². The third kappa shape index (κ3) is 4.28. The fourth-order valence-corrected chi connectivity index (χ4v) is 3.52. The van der Waals surface area contributed by atoms with Crippen LogP contribution in [0.25, 0.3) is 0 Å². The number of oxime groups is 1. The van der Waals surface area contributed by atoms with Crippen molar-refractivity contribution in [1.82, 2.24) is 4.90 Å². The molecule has 0 bridgehead atoms. The summed E-state index contributed by atoms with van der Waals surface area (Å²) in [4.78, 5) is 16.9. The summed E-state index contributed by atoms with van der Waals surface area (Å²) < 4.78 is 42.0. The van der Waals surface area contributed by atoms with Crippen molar-refractivity contribution in [2.45, 2.75) is 24.7 Å². The molecule has 0 saturated heterocycles. The maximum atomic E-state index is 14.0. The Kier molecular flexibility index (Phi) is 5.69. The van der Waals surface area contributed by atoms with E-state index < -0.39 is 24.3 Å². The van der Waals surface area contributed by atoms with Crippen molar-refractivity contribution in [3.8, 4) is 0 Å². The lowest BCUT2D eigenvalue weighted by molar-refractivity contribution is -0.275. The molecular weight excluding hydrogens is 432 g/mol. The molecule has 0 aromatic heterocycles. The second-order valence-electron chi connectivity index (χ2n) is 6.62. The normalized spacial score (nSPS) is 18.9. The van der Waals surface area contributed by atoms with Crippen LogP contribution in [0.15, 0.2) is 47.6 Å². The molecule has 1 heterocycles. The Hall–Kier alpha value is -2.45. The van der Waals surface area contributed by atoms with Crippen molar-refractivity contribution in [2.24, 2.45) is 5.16 Å². The van der Waals surface area contributed by atoms with Crippen LogP contribution in [-0.2, 0) is 17.0 Å². The Morgan fingerprint density at radius 2 is 1.79 bits per heavy atom. The summed E-state index contributed by atoms with van der Waals surface area (Å²) in [7, 11) is 1.42. The van der Waals surface area contributed by atoms with Gasteiger partial charge in [-0.3, -0.25) is 0 Å². The third-order valence-electron chi connectivity index (χ3n) is 4.55. The summed E-state index contributed by atoms with van der Waals surface area (Å²) in [6, 6.07) is 10.0. The first-order chi connectivity index (χ1) is 13.5. The van der Waals surface area contributed by atoms with E-state index in [4.69, 9.17) is 33.1 Å². The lowest BCUT2D eigenvalue weighted by atomic mass is 9.86. The molecule has 1 aliphatic heterocycles. The van der Waals surface area contributed by atoms with Crippen LogP contribution in [0.5, 0.6) is 0 Å². The zero-order chi connectivity index (χ0) is 21.4. The van der Waals surface area contributed by atoms with E-state index in [1.807, 2.05) is 0 Å². The highest BCUT2D eigenvalue weighted by Gasteiger charge is 2.62. The average molecular weight is 447 g/mol. The quantitative estimate of drug-likeness (QED) is 0.656. The Morgan fingerprint density at radius 1 is 1.21 bits per heavy atom. The molecule has 1 unspecified atom stereocenters. The molecule has 0 aliphatic carbocycles. The summed E-state index contributed by atoms with van der Waals surface area (Å²) >= 11 is 11.8. The molecule has 10 heteroatoms. The summed E-state index contributed by atoms with van der Waals surface area (Å²) in [6.07, 6.45) is -6.41. The summed E-state index contributed by atoms with van der Waals surface area (Å²) in [5, 5.41) is 12.7. The molecule has 1 aliphatic rings. The van der Waals surface area contributed by atoms with Gasteiger partial charge in [-0.25, -0.2) is 4.79 Å². The highest BCUT2D eigenvalue weighted by atomic mass is 35.5. The average Bonchev–Trinajstić information content (AvgIpc) is 3.08. The van der Waals surface area contributed by atoms with Gasteiger partial charge < -0.3 is 14.8 Å². The van der Waals surface area contributed by atoms with E-state index in [9.17, 15) is 18.0 Å². The van der Waals surface area contributed by atoms with E-state index >= 15 is 0 Å². The maximum Gasteiger partial charge on any atom is 0.435 e. The van der Waals surface area contributed by atoms with E-state index in [-0.39, 0.29) is 27.9 Å². The standard InChI is InChI=1S/C19H15Cl2F3N2O3/c1-26(17(27)28)10-11-2-4-12(5-3-11)16-9-18(29-25-16,19(22,23)24)13-6-14(20)8-15(21)7-13/h2-8H,9-10H2,1H3,(H,27,28).